The van der Waals surface area contributed by atoms with E-state index in [0.717, 1.165) is 26.9 Å². The molecule has 0 atom stereocenters. The molecular formula is C13H9BrClN3. The van der Waals surface area contributed by atoms with Gasteiger partial charge in [-0.1, -0.05) is 23.7 Å². The molecule has 18 heavy (non-hydrogen) atoms. The van der Waals surface area contributed by atoms with Crippen LogP contribution >= 0.6 is 27.5 Å². The van der Waals surface area contributed by atoms with Crippen LogP contribution in [0, 0.1) is 0 Å². The highest BCUT2D eigenvalue weighted by molar-refractivity contribution is 9.10. The third-order valence-electron chi connectivity index (χ3n) is 2.77. The lowest BCUT2D eigenvalue weighted by atomic mass is 10.2. The van der Waals surface area contributed by atoms with Gasteiger partial charge in [0.15, 0.2) is 0 Å². The molecule has 0 saturated heterocycles. The summed E-state index contributed by atoms with van der Waals surface area (Å²) in [5.74, 6) is 0.719. The summed E-state index contributed by atoms with van der Waals surface area (Å²) >= 11 is 9.51. The van der Waals surface area contributed by atoms with Crippen molar-refractivity contribution in [2.45, 2.75) is 0 Å². The number of aromatic nitrogens is 2. The van der Waals surface area contributed by atoms with E-state index in [4.69, 9.17) is 17.3 Å². The molecule has 5 heteroatoms. The number of rotatable bonds is 1. The van der Waals surface area contributed by atoms with Crippen LogP contribution in [0.4, 0.5) is 5.69 Å². The van der Waals surface area contributed by atoms with Gasteiger partial charge in [0.2, 0.25) is 0 Å². The lowest BCUT2D eigenvalue weighted by Gasteiger charge is -2.03. The predicted octanol–water partition coefficient (Wildman–Crippen LogP) is 4.23. The number of anilines is 1. The number of fused-ring (bicyclic) bond motifs is 1. The number of hydrogen-bond donors (Lipinski definition) is 2. The van der Waals surface area contributed by atoms with E-state index in [-0.39, 0.29) is 0 Å². The third-order valence-corrected chi connectivity index (χ3v) is 3.77. The van der Waals surface area contributed by atoms with Crippen molar-refractivity contribution in [1.82, 2.24) is 9.97 Å². The van der Waals surface area contributed by atoms with Gasteiger partial charge < -0.3 is 10.7 Å². The monoisotopic (exact) mass is 321 g/mol. The van der Waals surface area contributed by atoms with E-state index < -0.39 is 0 Å². The van der Waals surface area contributed by atoms with Gasteiger partial charge in [-0.15, -0.1) is 0 Å². The number of H-pyrrole nitrogens is 1. The topological polar surface area (TPSA) is 54.7 Å². The third kappa shape index (κ3) is 1.78. The number of nitrogen functional groups attached to an aromatic ring is 1. The van der Waals surface area contributed by atoms with E-state index in [1.165, 1.54) is 0 Å². The van der Waals surface area contributed by atoms with E-state index in [0.29, 0.717) is 10.7 Å². The Bertz CT molecular complexity index is 736. The van der Waals surface area contributed by atoms with Gasteiger partial charge >= 0.3 is 0 Å². The van der Waals surface area contributed by atoms with Gasteiger partial charge in [-0.25, -0.2) is 4.98 Å². The smallest absolute Gasteiger partial charge is 0.140 e. The quantitative estimate of drug-likeness (QED) is 0.659. The Labute approximate surface area is 117 Å². The van der Waals surface area contributed by atoms with Crippen LogP contribution in [0.1, 0.15) is 0 Å². The molecule has 0 fully saturated rings. The van der Waals surface area contributed by atoms with Crippen LogP contribution in [0.3, 0.4) is 0 Å². The van der Waals surface area contributed by atoms with Crippen LogP contribution < -0.4 is 5.73 Å². The minimum absolute atomic E-state index is 0.628. The molecule has 90 valence electrons. The fourth-order valence-corrected chi connectivity index (χ4v) is 2.45. The fraction of sp³-hybridized carbons (Fsp3) is 0. The summed E-state index contributed by atoms with van der Waals surface area (Å²) in [6.45, 7) is 0. The molecule has 0 spiro atoms. The second-order valence-electron chi connectivity index (χ2n) is 3.92. The summed E-state index contributed by atoms with van der Waals surface area (Å²) in [6, 6.07) is 11.4. The second-order valence-corrected chi connectivity index (χ2v) is 5.18. The fourth-order valence-electron chi connectivity index (χ4n) is 1.87. The Morgan fingerprint density at radius 1 is 1.17 bits per heavy atom. The van der Waals surface area contributed by atoms with Gasteiger partial charge in [0.1, 0.15) is 11.3 Å². The molecule has 0 aliphatic rings. The molecular weight excluding hydrogens is 314 g/mol. The van der Waals surface area contributed by atoms with Gasteiger partial charge in [0, 0.05) is 10.0 Å². The SMILES string of the molecule is Nc1c(Br)cccc1-c1nc2c(Cl)cccc2[nH]1. The standard InChI is InChI=1S/C13H9BrClN3/c14-8-4-1-3-7(11(8)16)13-17-10-6-2-5-9(15)12(10)18-13/h1-6H,16H2,(H,17,18). The Morgan fingerprint density at radius 2 is 1.94 bits per heavy atom. The molecule has 3 aromatic rings. The van der Waals surface area contributed by atoms with Crippen molar-refractivity contribution in [1.29, 1.82) is 0 Å². The first kappa shape index (κ1) is 11.6. The van der Waals surface area contributed by atoms with Crippen LogP contribution in [0.2, 0.25) is 5.02 Å². The maximum atomic E-state index is 6.11. The zero-order chi connectivity index (χ0) is 12.7. The molecule has 0 radical (unpaired) electrons. The Kier molecular flexibility index (Phi) is 2.76. The number of nitrogens with one attached hydrogen (secondary N) is 1. The van der Waals surface area contributed by atoms with Crippen molar-refractivity contribution >= 4 is 44.3 Å². The predicted molar refractivity (Wildman–Crippen MR) is 78.7 cm³/mol. The van der Waals surface area contributed by atoms with Crippen LogP contribution in [-0.2, 0) is 0 Å². The van der Waals surface area contributed by atoms with Gasteiger partial charge in [-0.3, -0.25) is 0 Å². The highest BCUT2D eigenvalue weighted by Gasteiger charge is 2.11. The average Bonchev–Trinajstić information content (AvgIpc) is 2.78. The first-order chi connectivity index (χ1) is 8.66. The molecule has 3 N–H and O–H groups in total. The van der Waals surface area contributed by atoms with E-state index in [1.54, 1.807) is 0 Å². The highest BCUT2D eigenvalue weighted by atomic mass is 79.9. The minimum atomic E-state index is 0.628. The Balaban J connectivity index is 2.26. The number of benzene rings is 2. The van der Waals surface area contributed by atoms with E-state index in [9.17, 15) is 0 Å². The maximum Gasteiger partial charge on any atom is 0.140 e. The highest BCUT2D eigenvalue weighted by Crippen LogP contribution is 2.32. The summed E-state index contributed by atoms with van der Waals surface area (Å²) in [5, 5.41) is 0.628. The molecule has 0 amide bonds. The van der Waals surface area contributed by atoms with E-state index in [2.05, 4.69) is 25.9 Å². The van der Waals surface area contributed by atoms with Crippen LogP contribution in [0.25, 0.3) is 22.4 Å². The van der Waals surface area contributed by atoms with Gasteiger partial charge in [0.25, 0.3) is 0 Å². The molecule has 0 unspecified atom stereocenters. The van der Waals surface area contributed by atoms with E-state index >= 15 is 0 Å². The number of hydrogen-bond acceptors (Lipinski definition) is 2. The van der Waals surface area contributed by atoms with Crippen LogP contribution in [0.5, 0.6) is 0 Å². The molecule has 1 heterocycles. The number of aromatic amines is 1. The average molecular weight is 323 g/mol. The lowest BCUT2D eigenvalue weighted by molar-refractivity contribution is 1.33. The minimum Gasteiger partial charge on any atom is -0.397 e. The molecule has 1 aromatic heterocycles. The van der Waals surface area contributed by atoms with Gasteiger partial charge in [-0.05, 0) is 40.2 Å². The van der Waals surface area contributed by atoms with Crippen molar-refractivity contribution in [3.8, 4) is 11.4 Å². The maximum absolute atomic E-state index is 6.11. The number of nitrogens with zero attached hydrogens (tertiary/aromatic N) is 1. The van der Waals surface area contributed by atoms with Crippen molar-refractivity contribution in [3.05, 3.63) is 45.9 Å². The summed E-state index contributed by atoms with van der Waals surface area (Å²) in [4.78, 5) is 7.72. The second kappa shape index (κ2) is 4.30. The molecule has 0 aliphatic carbocycles. The lowest BCUT2D eigenvalue weighted by Crippen LogP contribution is -1.92. The summed E-state index contributed by atoms with van der Waals surface area (Å²) in [7, 11) is 0. The van der Waals surface area contributed by atoms with Crippen LogP contribution in [-0.4, -0.2) is 9.97 Å². The molecule has 0 bridgehead atoms. The van der Waals surface area contributed by atoms with Crippen molar-refractivity contribution in [2.75, 3.05) is 5.73 Å². The summed E-state index contributed by atoms with van der Waals surface area (Å²) in [6.07, 6.45) is 0. The molecule has 0 aliphatic heterocycles. The molecule has 0 saturated carbocycles. The summed E-state index contributed by atoms with van der Waals surface area (Å²) < 4.78 is 0.853. The number of imidazole rings is 1. The molecule has 3 nitrogen and oxygen atoms in total. The summed E-state index contributed by atoms with van der Waals surface area (Å²) in [5.41, 5.74) is 9.21. The Morgan fingerprint density at radius 3 is 2.72 bits per heavy atom. The molecule has 3 rings (SSSR count). The van der Waals surface area contributed by atoms with E-state index in [1.807, 2.05) is 36.4 Å². The molecule has 2 aromatic carbocycles. The number of nitrogens with two attached hydrogens (primary N) is 1. The number of halogens is 2. The largest absolute Gasteiger partial charge is 0.397 e. The van der Waals surface area contributed by atoms with Gasteiger partial charge in [-0.2, -0.15) is 0 Å². The normalized spacial score (nSPS) is 11.0. The van der Waals surface area contributed by atoms with Crippen molar-refractivity contribution in [3.63, 3.8) is 0 Å². The Hall–Kier alpha value is -1.52. The zero-order valence-corrected chi connectivity index (χ0v) is 11.6. The number of para-hydroxylation sites is 2. The first-order valence-corrected chi connectivity index (χ1v) is 6.52. The van der Waals surface area contributed by atoms with Crippen molar-refractivity contribution < 1.29 is 0 Å². The zero-order valence-electron chi connectivity index (χ0n) is 9.24. The van der Waals surface area contributed by atoms with Gasteiger partial charge in [0.05, 0.1) is 16.2 Å². The van der Waals surface area contributed by atoms with Crippen molar-refractivity contribution in [2.24, 2.45) is 0 Å². The van der Waals surface area contributed by atoms with Crippen LogP contribution in [0.15, 0.2) is 40.9 Å². The first-order valence-electron chi connectivity index (χ1n) is 5.35.